The quantitative estimate of drug-likeness (QED) is 0.874. The Balaban J connectivity index is 2.28. The summed E-state index contributed by atoms with van der Waals surface area (Å²) in [7, 11) is -3.16. The molecule has 1 fully saturated rings. The van der Waals surface area contributed by atoms with E-state index in [-0.39, 0.29) is 5.75 Å². The van der Waals surface area contributed by atoms with Gasteiger partial charge < -0.3 is 5.11 Å². The number of nitrogens with zero attached hydrogens (tertiary/aromatic N) is 2. The molecule has 1 aliphatic rings. The summed E-state index contributed by atoms with van der Waals surface area (Å²) < 4.78 is 25.5. The van der Waals surface area contributed by atoms with Crippen LogP contribution >= 0.6 is 0 Å². The van der Waals surface area contributed by atoms with Crippen LogP contribution < -0.4 is 0 Å². The largest absolute Gasteiger partial charge is 0.385 e. The van der Waals surface area contributed by atoms with E-state index >= 15 is 0 Å². The first-order chi connectivity index (χ1) is 8.06. The lowest BCUT2D eigenvalue weighted by atomic mass is 10.1. The highest BCUT2D eigenvalue weighted by Gasteiger charge is 2.36. The molecule has 1 aromatic rings. The van der Waals surface area contributed by atoms with Gasteiger partial charge in [0.2, 0.25) is 0 Å². The minimum Gasteiger partial charge on any atom is -0.385 e. The van der Waals surface area contributed by atoms with Crippen molar-refractivity contribution in [2.75, 3.05) is 5.75 Å². The van der Waals surface area contributed by atoms with Crippen molar-refractivity contribution in [2.24, 2.45) is 0 Å². The Kier molecular flexibility index (Phi) is 3.53. The maximum absolute atomic E-state index is 11.9. The van der Waals surface area contributed by atoms with Crippen molar-refractivity contribution in [3.63, 3.8) is 0 Å². The maximum atomic E-state index is 11.9. The molecule has 0 bridgehead atoms. The lowest BCUT2D eigenvalue weighted by Gasteiger charge is -2.26. The van der Waals surface area contributed by atoms with E-state index in [2.05, 4.69) is 5.10 Å². The number of sulfone groups is 1. The van der Waals surface area contributed by atoms with Crippen LogP contribution in [0.3, 0.4) is 0 Å². The van der Waals surface area contributed by atoms with E-state index in [1.165, 1.54) is 0 Å². The Bertz CT molecular complexity index is 481. The van der Waals surface area contributed by atoms with Crippen LogP contribution in [0.1, 0.15) is 38.0 Å². The lowest BCUT2D eigenvalue weighted by molar-refractivity contribution is 0.154. The van der Waals surface area contributed by atoms with Gasteiger partial charge in [-0.15, -0.1) is 0 Å². The fourth-order valence-corrected chi connectivity index (χ4v) is 4.35. The minimum atomic E-state index is -3.16. The number of hydrogen-bond acceptors (Lipinski definition) is 4. The van der Waals surface area contributed by atoms with E-state index in [9.17, 15) is 13.5 Å². The van der Waals surface area contributed by atoms with Crippen LogP contribution in [0.2, 0.25) is 0 Å². The molecule has 96 valence electrons. The van der Waals surface area contributed by atoms with Crippen LogP contribution in [0.5, 0.6) is 0 Å². The molecule has 1 aliphatic heterocycles. The average molecular weight is 258 g/mol. The van der Waals surface area contributed by atoms with Crippen LogP contribution in [-0.4, -0.2) is 34.3 Å². The van der Waals surface area contributed by atoms with Gasteiger partial charge in [0.05, 0.1) is 16.7 Å². The van der Waals surface area contributed by atoms with Crippen LogP contribution in [0.15, 0.2) is 12.3 Å². The average Bonchev–Trinajstić information content (AvgIpc) is 2.75. The van der Waals surface area contributed by atoms with E-state index in [4.69, 9.17) is 0 Å². The summed E-state index contributed by atoms with van der Waals surface area (Å²) in [6.07, 6.45) is 2.75. The summed E-state index contributed by atoms with van der Waals surface area (Å²) in [5.41, 5.74) is 0.600. The van der Waals surface area contributed by atoms with Gasteiger partial charge in [-0.05, 0) is 25.8 Å². The van der Waals surface area contributed by atoms with Gasteiger partial charge >= 0.3 is 0 Å². The van der Waals surface area contributed by atoms with E-state index in [1.807, 2.05) is 6.92 Å². The zero-order chi connectivity index (χ0) is 12.5. The monoisotopic (exact) mass is 258 g/mol. The summed E-state index contributed by atoms with van der Waals surface area (Å²) in [5.74, 6) is 0.189. The molecule has 6 heteroatoms. The van der Waals surface area contributed by atoms with Gasteiger partial charge in [0.25, 0.3) is 0 Å². The fraction of sp³-hybridized carbons (Fsp3) is 0.727. The summed E-state index contributed by atoms with van der Waals surface area (Å²) in [6, 6.07) is 1.69. The molecule has 1 saturated heterocycles. The first kappa shape index (κ1) is 12.6. The molecular formula is C11H18N2O3S. The van der Waals surface area contributed by atoms with Crippen molar-refractivity contribution in [3.8, 4) is 0 Å². The van der Waals surface area contributed by atoms with Crippen molar-refractivity contribution in [1.82, 2.24) is 9.78 Å². The SMILES string of the molecule is CCn1nccc1C(O)C1CCCCS1(=O)=O. The van der Waals surface area contributed by atoms with Crippen LogP contribution in [0.25, 0.3) is 0 Å². The Morgan fingerprint density at radius 1 is 1.59 bits per heavy atom. The maximum Gasteiger partial charge on any atom is 0.156 e. The summed E-state index contributed by atoms with van der Waals surface area (Å²) in [5, 5.41) is 13.6. The Morgan fingerprint density at radius 3 is 3.00 bits per heavy atom. The molecule has 1 N–H and O–H groups in total. The van der Waals surface area contributed by atoms with Crippen LogP contribution in [0, 0.1) is 0 Å². The molecule has 0 radical (unpaired) electrons. The predicted octanol–water partition coefficient (Wildman–Crippen LogP) is 0.904. The van der Waals surface area contributed by atoms with E-state index in [0.29, 0.717) is 25.1 Å². The third kappa shape index (κ3) is 2.37. The van der Waals surface area contributed by atoms with Gasteiger partial charge in [-0.3, -0.25) is 4.68 Å². The van der Waals surface area contributed by atoms with E-state index in [1.54, 1.807) is 16.9 Å². The van der Waals surface area contributed by atoms with Crippen molar-refractivity contribution < 1.29 is 13.5 Å². The summed E-state index contributed by atoms with van der Waals surface area (Å²) in [6.45, 7) is 2.55. The normalized spacial score (nSPS) is 25.6. The summed E-state index contributed by atoms with van der Waals surface area (Å²) >= 11 is 0. The topological polar surface area (TPSA) is 72.2 Å². The lowest BCUT2D eigenvalue weighted by Crippen LogP contribution is -2.34. The summed E-state index contributed by atoms with van der Waals surface area (Å²) in [4.78, 5) is 0. The van der Waals surface area contributed by atoms with Crippen molar-refractivity contribution in [2.45, 2.75) is 44.1 Å². The van der Waals surface area contributed by atoms with Gasteiger partial charge in [0, 0.05) is 12.7 Å². The molecule has 0 aromatic carbocycles. The number of rotatable bonds is 3. The highest BCUT2D eigenvalue weighted by atomic mass is 32.2. The van der Waals surface area contributed by atoms with Gasteiger partial charge in [-0.1, -0.05) is 6.42 Å². The molecular weight excluding hydrogens is 240 g/mol. The molecule has 0 amide bonds. The molecule has 1 aromatic heterocycles. The van der Waals surface area contributed by atoms with E-state index < -0.39 is 21.2 Å². The fourth-order valence-electron chi connectivity index (χ4n) is 2.38. The number of hydrogen-bond donors (Lipinski definition) is 1. The Labute approximate surface area is 101 Å². The zero-order valence-corrected chi connectivity index (χ0v) is 10.7. The highest BCUT2D eigenvalue weighted by Crippen LogP contribution is 2.30. The molecule has 17 heavy (non-hydrogen) atoms. The highest BCUT2D eigenvalue weighted by molar-refractivity contribution is 7.92. The standard InChI is InChI=1S/C11H18N2O3S/c1-2-13-9(6-7-12-13)11(14)10-5-3-4-8-17(10,15)16/h6-7,10-11,14H,2-5,8H2,1H3. The van der Waals surface area contributed by atoms with Gasteiger partial charge in [-0.2, -0.15) is 5.10 Å². The molecule has 0 saturated carbocycles. The number of aromatic nitrogens is 2. The number of aryl methyl sites for hydroxylation is 1. The molecule has 2 atom stereocenters. The molecule has 2 rings (SSSR count). The molecule has 0 spiro atoms. The molecule has 5 nitrogen and oxygen atoms in total. The number of aliphatic hydroxyl groups excluding tert-OH is 1. The van der Waals surface area contributed by atoms with Crippen LogP contribution in [0.4, 0.5) is 0 Å². The van der Waals surface area contributed by atoms with Crippen molar-refractivity contribution >= 4 is 9.84 Å². The molecule has 2 unspecified atom stereocenters. The van der Waals surface area contributed by atoms with Gasteiger partial charge in [0.15, 0.2) is 9.84 Å². The first-order valence-electron chi connectivity index (χ1n) is 5.97. The van der Waals surface area contributed by atoms with Crippen LogP contribution in [-0.2, 0) is 16.4 Å². The van der Waals surface area contributed by atoms with Gasteiger partial charge in [-0.25, -0.2) is 8.42 Å². The molecule has 2 heterocycles. The first-order valence-corrected chi connectivity index (χ1v) is 7.69. The third-order valence-corrected chi connectivity index (χ3v) is 5.61. The second kappa shape index (κ2) is 4.78. The second-order valence-electron chi connectivity index (χ2n) is 4.42. The van der Waals surface area contributed by atoms with E-state index in [0.717, 1.165) is 6.42 Å². The Morgan fingerprint density at radius 2 is 2.35 bits per heavy atom. The van der Waals surface area contributed by atoms with Crippen molar-refractivity contribution in [1.29, 1.82) is 0 Å². The van der Waals surface area contributed by atoms with Gasteiger partial charge in [0.1, 0.15) is 6.10 Å². The third-order valence-electron chi connectivity index (χ3n) is 3.33. The number of aliphatic hydroxyl groups is 1. The van der Waals surface area contributed by atoms with Crippen molar-refractivity contribution in [3.05, 3.63) is 18.0 Å². The smallest absolute Gasteiger partial charge is 0.156 e. The molecule has 0 aliphatic carbocycles. The Hall–Kier alpha value is -0.880. The second-order valence-corrected chi connectivity index (χ2v) is 6.76. The minimum absolute atomic E-state index is 0.189. The zero-order valence-electron chi connectivity index (χ0n) is 9.91. The predicted molar refractivity (Wildman–Crippen MR) is 64.3 cm³/mol.